The summed E-state index contributed by atoms with van der Waals surface area (Å²) < 4.78 is 5.71. The van der Waals surface area contributed by atoms with Gasteiger partial charge in [0.2, 0.25) is 0 Å². The van der Waals surface area contributed by atoms with E-state index in [1.54, 1.807) is 11.3 Å². The Labute approximate surface area is 113 Å². The minimum absolute atomic E-state index is 0.395. The Hall–Kier alpha value is -0.890. The zero-order valence-electron chi connectivity index (χ0n) is 10.7. The van der Waals surface area contributed by atoms with E-state index in [-0.39, 0.29) is 0 Å². The number of hydrogen-bond acceptors (Lipinski definition) is 4. The van der Waals surface area contributed by atoms with E-state index < -0.39 is 0 Å². The maximum Gasteiger partial charge on any atom is 0.0702 e. The van der Waals surface area contributed by atoms with Crippen LogP contribution in [0.1, 0.15) is 30.6 Å². The first-order valence-electron chi connectivity index (χ1n) is 6.62. The first-order chi connectivity index (χ1) is 8.88. The molecule has 98 valence electrons. The third-order valence-electron chi connectivity index (χ3n) is 3.21. The van der Waals surface area contributed by atoms with Gasteiger partial charge in [-0.1, -0.05) is 6.07 Å². The third-order valence-corrected chi connectivity index (χ3v) is 4.07. The number of thiophene rings is 1. The fraction of sp³-hybridized carbons (Fsp3) is 0.643. The van der Waals surface area contributed by atoms with E-state index in [1.165, 1.54) is 17.7 Å². The quantitative estimate of drug-likeness (QED) is 0.710. The molecule has 0 amide bonds. The molecule has 4 heteroatoms. The van der Waals surface area contributed by atoms with Gasteiger partial charge in [0.1, 0.15) is 0 Å². The molecule has 2 rings (SSSR count). The molecule has 1 saturated heterocycles. The maximum atomic E-state index is 8.63. The zero-order valence-corrected chi connectivity index (χ0v) is 11.5. The molecule has 3 nitrogen and oxygen atoms in total. The highest BCUT2D eigenvalue weighted by atomic mass is 32.1. The lowest BCUT2D eigenvalue weighted by atomic mass is 10.2. The van der Waals surface area contributed by atoms with Crippen LogP contribution in [0.4, 0.5) is 0 Å². The summed E-state index contributed by atoms with van der Waals surface area (Å²) in [5.74, 6) is 0. The van der Waals surface area contributed by atoms with Crippen molar-refractivity contribution in [3.05, 3.63) is 22.4 Å². The number of rotatable bonds is 7. The van der Waals surface area contributed by atoms with Gasteiger partial charge in [-0.15, -0.1) is 11.3 Å². The highest BCUT2D eigenvalue weighted by molar-refractivity contribution is 7.09. The molecular weight excluding hydrogens is 244 g/mol. The van der Waals surface area contributed by atoms with Crippen molar-refractivity contribution in [1.29, 1.82) is 5.26 Å². The summed E-state index contributed by atoms with van der Waals surface area (Å²) in [7, 11) is 0. The van der Waals surface area contributed by atoms with Crippen LogP contribution in [0.3, 0.4) is 0 Å². The summed E-state index contributed by atoms with van der Waals surface area (Å²) in [5.41, 5.74) is 0. The van der Waals surface area contributed by atoms with Crippen molar-refractivity contribution in [2.75, 3.05) is 19.7 Å². The molecular formula is C14H20N2OS. The highest BCUT2D eigenvalue weighted by Gasteiger charge is 2.19. The predicted molar refractivity (Wildman–Crippen MR) is 73.4 cm³/mol. The number of nitrogens with zero attached hydrogens (tertiary/aromatic N) is 2. The van der Waals surface area contributed by atoms with Crippen molar-refractivity contribution >= 4 is 11.3 Å². The monoisotopic (exact) mass is 264 g/mol. The lowest BCUT2D eigenvalue weighted by Crippen LogP contribution is -2.32. The lowest BCUT2D eigenvalue weighted by molar-refractivity contribution is 0.0706. The Morgan fingerprint density at radius 3 is 3.17 bits per heavy atom. The van der Waals surface area contributed by atoms with Crippen LogP contribution >= 0.6 is 11.3 Å². The minimum Gasteiger partial charge on any atom is -0.377 e. The van der Waals surface area contributed by atoms with Gasteiger partial charge >= 0.3 is 0 Å². The van der Waals surface area contributed by atoms with Crippen molar-refractivity contribution in [1.82, 2.24) is 4.90 Å². The van der Waals surface area contributed by atoms with Crippen LogP contribution in [-0.2, 0) is 11.3 Å². The Balaban J connectivity index is 1.82. The minimum atomic E-state index is 0.395. The van der Waals surface area contributed by atoms with Gasteiger partial charge < -0.3 is 4.74 Å². The Morgan fingerprint density at radius 1 is 1.56 bits per heavy atom. The van der Waals surface area contributed by atoms with Gasteiger partial charge in [0.15, 0.2) is 0 Å². The van der Waals surface area contributed by atoms with Crippen LogP contribution in [0, 0.1) is 11.3 Å². The number of unbranched alkanes of at least 4 members (excludes halogenated alkanes) is 1. The summed E-state index contributed by atoms with van der Waals surface area (Å²) in [6.07, 6.45) is 4.36. The average Bonchev–Trinajstić information content (AvgIpc) is 3.02. The van der Waals surface area contributed by atoms with Crippen molar-refractivity contribution in [3.63, 3.8) is 0 Å². The normalized spacial score (nSPS) is 19.2. The van der Waals surface area contributed by atoms with Gasteiger partial charge in [-0.3, -0.25) is 4.90 Å². The molecule has 0 bridgehead atoms. The molecule has 0 radical (unpaired) electrons. The largest absolute Gasteiger partial charge is 0.377 e. The van der Waals surface area contributed by atoms with E-state index >= 15 is 0 Å². The van der Waals surface area contributed by atoms with Crippen LogP contribution < -0.4 is 0 Å². The molecule has 0 aromatic carbocycles. The number of ether oxygens (including phenoxy) is 1. The van der Waals surface area contributed by atoms with Gasteiger partial charge in [0.05, 0.1) is 12.2 Å². The van der Waals surface area contributed by atoms with Crippen molar-refractivity contribution in [3.8, 4) is 6.07 Å². The van der Waals surface area contributed by atoms with Crippen LogP contribution in [0.5, 0.6) is 0 Å². The van der Waals surface area contributed by atoms with Crippen LogP contribution in [0.2, 0.25) is 0 Å². The van der Waals surface area contributed by atoms with E-state index in [0.29, 0.717) is 12.5 Å². The number of hydrogen-bond donors (Lipinski definition) is 0. The van der Waals surface area contributed by atoms with Crippen LogP contribution in [0.25, 0.3) is 0 Å². The average molecular weight is 264 g/mol. The van der Waals surface area contributed by atoms with Gasteiger partial charge in [-0.05, 0) is 37.3 Å². The molecule has 2 heterocycles. The second kappa shape index (κ2) is 7.52. The second-order valence-electron chi connectivity index (χ2n) is 4.71. The van der Waals surface area contributed by atoms with Crippen LogP contribution in [-0.4, -0.2) is 30.7 Å². The SMILES string of the molecule is N#CCCCN(Cc1cccs1)CC1CCCO1. The summed E-state index contributed by atoms with van der Waals surface area (Å²) in [6.45, 7) is 3.90. The van der Waals surface area contributed by atoms with E-state index in [0.717, 1.165) is 32.7 Å². The Kier molecular flexibility index (Phi) is 5.66. The first kappa shape index (κ1) is 13.5. The van der Waals surface area contributed by atoms with Crippen molar-refractivity contribution < 1.29 is 4.74 Å². The molecule has 0 N–H and O–H groups in total. The predicted octanol–water partition coefficient (Wildman–Crippen LogP) is 3.03. The fourth-order valence-electron chi connectivity index (χ4n) is 2.32. The zero-order chi connectivity index (χ0) is 12.6. The second-order valence-corrected chi connectivity index (χ2v) is 5.74. The van der Waals surface area contributed by atoms with Crippen molar-refractivity contribution in [2.24, 2.45) is 0 Å². The summed E-state index contributed by atoms with van der Waals surface area (Å²) in [6, 6.07) is 6.50. The van der Waals surface area contributed by atoms with Crippen LogP contribution in [0.15, 0.2) is 17.5 Å². The molecule has 1 fully saturated rings. The van der Waals surface area contributed by atoms with E-state index in [2.05, 4.69) is 28.5 Å². The van der Waals surface area contributed by atoms with Gasteiger partial charge in [-0.2, -0.15) is 5.26 Å². The molecule has 0 spiro atoms. The molecule has 1 unspecified atom stereocenters. The van der Waals surface area contributed by atoms with E-state index in [4.69, 9.17) is 10.00 Å². The van der Waals surface area contributed by atoms with Gasteiger partial charge in [-0.25, -0.2) is 0 Å². The molecule has 1 aromatic rings. The Bertz CT molecular complexity index is 366. The van der Waals surface area contributed by atoms with Gasteiger partial charge in [0, 0.05) is 31.0 Å². The molecule has 1 aliphatic heterocycles. The van der Waals surface area contributed by atoms with E-state index in [9.17, 15) is 0 Å². The maximum absolute atomic E-state index is 8.63. The number of nitriles is 1. The lowest BCUT2D eigenvalue weighted by Gasteiger charge is -2.24. The molecule has 1 aromatic heterocycles. The topological polar surface area (TPSA) is 36.3 Å². The Morgan fingerprint density at radius 2 is 2.50 bits per heavy atom. The van der Waals surface area contributed by atoms with Gasteiger partial charge in [0.25, 0.3) is 0 Å². The summed E-state index contributed by atoms with van der Waals surface area (Å²) >= 11 is 1.80. The third kappa shape index (κ3) is 4.41. The standard InChI is InChI=1S/C14H20N2OS/c15-7-1-2-8-16(11-13-5-3-9-17-13)12-14-6-4-10-18-14/h4,6,10,13H,1-3,5,8-9,11-12H2. The highest BCUT2D eigenvalue weighted by Crippen LogP contribution is 2.17. The molecule has 0 saturated carbocycles. The molecule has 1 atom stereocenters. The summed E-state index contributed by atoms with van der Waals surface area (Å²) in [5, 5.41) is 10.7. The first-order valence-corrected chi connectivity index (χ1v) is 7.50. The summed E-state index contributed by atoms with van der Waals surface area (Å²) in [4.78, 5) is 3.82. The molecule has 18 heavy (non-hydrogen) atoms. The fourth-order valence-corrected chi connectivity index (χ4v) is 3.06. The van der Waals surface area contributed by atoms with E-state index in [1.807, 2.05) is 0 Å². The molecule has 1 aliphatic rings. The van der Waals surface area contributed by atoms with Crippen molar-refractivity contribution in [2.45, 2.75) is 38.3 Å². The molecule has 0 aliphatic carbocycles. The smallest absolute Gasteiger partial charge is 0.0702 e.